The van der Waals surface area contributed by atoms with Crippen LogP contribution in [-0.2, 0) is 20.1 Å². The predicted octanol–water partition coefficient (Wildman–Crippen LogP) is 9.58. The molecule has 0 fully saturated rings. The molecule has 221 valence electrons. The fourth-order valence-corrected chi connectivity index (χ4v) is 5.04. The van der Waals surface area contributed by atoms with Crippen LogP contribution >= 0.6 is 0 Å². The number of imidazole rings is 1. The summed E-state index contributed by atoms with van der Waals surface area (Å²) in [6.45, 7) is 13.5. The average Bonchev–Trinajstić information content (AvgIpc) is 3.46. The second kappa shape index (κ2) is 14.1. The van der Waals surface area contributed by atoms with Crippen LogP contribution in [0.4, 0.5) is 5.69 Å². The number of rotatable bonds is 4. The zero-order chi connectivity index (χ0) is 30.5. The molecule has 0 saturated carbocycles. The molecule has 0 aliphatic rings. The molecule has 0 unspecified atom stereocenters. The van der Waals surface area contributed by atoms with Gasteiger partial charge in [-0.15, -0.1) is 70.8 Å². The monoisotopic (exact) mass is 760 g/mol. The van der Waals surface area contributed by atoms with Crippen molar-refractivity contribution in [3.63, 3.8) is 0 Å². The Morgan fingerprint density at radius 3 is 2.18 bits per heavy atom. The van der Waals surface area contributed by atoms with Gasteiger partial charge in [-0.25, -0.2) is 9.83 Å². The Morgan fingerprint density at radius 1 is 0.689 bits per heavy atom. The standard InChI is InChI=1S/C23H18N3.C16H11N2.Ir/c1-15-9-10-18(13-16(15)2)23-25-20-7-5-6-8-22(20)26(23)21-12-11-19(24-4)14-17(21)3;1-3-7-13(8-4-1)15-11-16(18-12-17-15)14-9-5-2-6-10-14;/h5-9,11-14H,1-3H3;1-9,11-12H;/q2*-1;. The summed E-state index contributed by atoms with van der Waals surface area (Å²) < 4.78 is 2.17. The Kier molecular flexibility index (Phi) is 9.75. The molecule has 1 radical (unpaired) electrons. The normalized spacial score (nSPS) is 10.4. The van der Waals surface area contributed by atoms with E-state index in [-0.39, 0.29) is 20.1 Å². The molecule has 0 spiro atoms. The molecule has 2 aromatic heterocycles. The first-order valence-corrected chi connectivity index (χ1v) is 14.3. The molecule has 0 aliphatic heterocycles. The summed E-state index contributed by atoms with van der Waals surface area (Å²) in [7, 11) is 0. The van der Waals surface area contributed by atoms with Gasteiger partial charge in [0.05, 0.1) is 29.1 Å². The topological polar surface area (TPSA) is 48.0 Å². The van der Waals surface area contributed by atoms with E-state index in [4.69, 9.17) is 11.6 Å². The fourth-order valence-electron chi connectivity index (χ4n) is 5.04. The molecule has 2 heterocycles. The van der Waals surface area contributed by atoms with Gasteiger partial charge in [0.15, 0.2) is 5.69 Å². The first kappa shape index (κ1) is 31.2. The van der Waals surface area contributed by atoms with Crippen molar-refractivity contribution in [2.75, 3.05) is 0 Å². The third-order valence-corrected chi connectivity index (χ3v) is 7.50. The Balaban J connectivity index is 0.000000185. The summed E-state index contributed by atoms with van der Waals surface area (Å²) in [4.78, 5) is 17.0. The minimum absolute atomic E-state index is 0. The first-order valence-electron chi connectivity index (χ1n) is 14.3. The van der Waals surface area contributed by atoms with Crippen LogP contribution in [0.15, 0.2) is 122 Å². The quantitative estimate of drug-likeness (QED) is 0.168. The van der Waals surface area contributed by atoms with E-state index in [0.717, 1.165) is 56.2 Å². The van der Waals surface area contributed by atoms with Gasteiger partial charge in [0.1, 0.15) is 6.33 Å². The van der Waals surface area contributed by atoms with Crippen molar-refractivity contribution < 1.29 is 20.1 Å². The van der Waals surface area contributed by atoms with E-state index in [1.54, 1.807) is 6.33 Å². The summed E-state index contributed by atoms with van der Waals surface area (Å²) in [6, 6.07) is 44.5. The van der Waals surface area contributed by atoms with Crippen molar-refractivity contribution in [3.05, 3.63) is 162 Å². The number of hydrogen-bond donors (Lipinski definition) is 0. The Morgan fingerprint density at radius 2 is 1.44 bits per heavy atom. The van der Waals surface area contributed by atoms with Gasteiger partial charge >= 0.3 is 0 Å². The van der Waals surface area contributed by atoms with Crippen LogP contribution < -0.4 is 0 Å². The number of para-hydroxylation sites is 2. The minimum Gasteiger partial charge on any atom is -0.333 e. The third kappa shape index (κ3) is 6.81. The largest absolute Gasteiger partial charge is 0.333 e. The van der Waals surface area contributed by atoms with Crippen LogP contribution in [0.1, 0.15) is 16.7 Å². The van der Waals surface area contributed by atoms with Gasteiger partial charge < -0.3 is 4.57 Å². The molecule has 0 N–H and O–H groups in total. The van der Waals surface area contributed by atoms with E-state index in [0.29, 0.717) is 5.69 Å². The summed E-state index contributed by atoms with van der Waals surface area (Å²) >= 11 is 0. The van der Waals surface area contributed by atoms with E-state index >= 15 is 0 Å². The van der Waals surface area contributed by atoms with Crippen LogP contribution in [0.3, 0.4) is 0 Å². The van der Waals surface area contributed by atoms with Crippen molar-refractivity contribution in [2.45, 2.75) is 20.8 Å². The molecule has 0 aliphatic carbocycles. The molecule has 5 nitrogen and oxygen atoms in total. The molecule has 6 heteroatoms. The molecular weight excluding hydrogens is 731 g/mol. The maximum atomic E-state index is 7.24. The van der Waals surface area contributed by atoms with E-state index in [1.807, 2.05) is 110 Å². The molecule has 0 atom stereocenters. The molecule has 45 heavy (non-hydrogen) atoms. The van der Waals surface area contributed by atoms with Crippen molar-refractivity contribution in [2.24, 2.45) is 0 Å². The summed E-state index contributed by atoms with van der Waals surface area (Å²) in [5.74, 6) is 0.868. The molecule has 0 bridgehead atoms. The van der Waals surface area contributed by atoms with Gasteiger partial charge in [0, 0.05) is 25.8 Å². The smallest absolute Gasteiger partial charge is 0.187 e. The van der Waals surface area contributed by atoms with Gasteiger partial charge in [-0.3, -0.25) is 9.97 Å². The van der Waals surface area contributed by atoms with Crippen LogP contribution in [0.5, 0.6) is 0 Å². The zero-order valence-electron chi connectivity index (χ0n) is 25.1. The van der Waals surface area contributed by atoms with Crippen LogP contribution in [0.2, 0.25) is 0 Å². The van der Waals surface area contributed by atoms with Gasteiger partial charge in [-0.2, -0.15) is 0 Å². The Hall–Kier alpha value is -5.21. The average molecular weight is 760 g/mol. The van der Waals surface area contributed by atoms with Crippen molar-refractivity contribution >= 4 is 16.7 Å². The van der Waals surface area contributed by atoms with E-state index in [1.165, 1.54) is 11.1 Å². The van der Waals surface area contributed by atoms with Crippen LogP contribution in [0.25, 0.3) is 55.5 Å². The van der Waals surface area contributed by atoms with Gasteiger partial charge in [0.2, 0.25) is 0 Å². The Labute approximate surface area is 277 Å². The van der Waals surface area contributed by atoms with Crippen molar-refractivity contribution in [3.8, 4) is 39.6 Å². The third-order valence-electron chi connectivity index (χ3n) is 7.50. The Bertz CT molecular complexity index is 2060. The number of hydrogen-bond acceptors (Lipinski definition) is 3. The molecular formula is C39H29IrN5-2. The van der Waals surface area contributed by atoms with Crippen molar-refractivity contribution in [1.82, 2.24) is 19.5 Å². The predicted molar refractivity (Wildman–Crippen MR) is 178 cm³/mol. The molecule has 7 aromatic rings. The molecule has 0 saturated heterocycles. The van der Waals surface area contributed by atoms with Crippen molar-refractivity contribution in [1.29, 1.82) is 0 Å². The van der Waals surface area contributed by atoms with Gasteiger partial charge in [-0.1, -0.05) is 74.5 Å². The number of nitrogens with zero attached hydrogens (tertiary/aromatic N) is 5. The second-order valence-corrected chi connectivity index (χ2v) is 10.5. The number of fused-ring (bicyclic) bond motifs is 1. The van der Waals surface area contributed by atoms with Gasteiger partial charge in [-0.05, 0) is 41.9 Å². The second-order valence-electron chi connectivity index (χ2n) is 10.5. The molecule has 5 aromatic carbocycles. The first-order chi connectivity index (χ1) is 21.5. The maximum absolute atomic E-state index is 7.24. The summed E-state index contributed by atoms with van der Waals surface area (Å²) in [6.07, 6.45) is 1.60. The van der Waals surface area contributed by atoms with E-state index in [9.17, 15) is 0 Å². The number of aryl methyl sites for hydroxylation is 3. The summed E-state index contributed by atoms with van der Waals surface area (Å²) in [5.41, 5.74) is 12.0. The molecule has 0 amide bonds. The number of aromatic nitrogens is 4. The zero-order valence-corrected chi connectivity index (χ0v) is 27.5. The van der Waals surface area contributed by atoms with E-state index in [2.05, 4.69) is 57.5 Å². The maximum Gasteiger partial charge on any atom is 0.187 e. The summed E-state index contributed by atoms with van der Waals surface area (Å²) in [5, 5.41) is 0. The number of benzene rings is 5. The van der Waals surface area contributed by atoms with Gasteiger partial charge in [0.25, 0.3) is 0 Å². The fraction of sp³-hybridized carbons (Fsp3) is 0.0769. The van der Waals surface area contributed by atoms with E-state index < -0.39 is 0 Å². The minimum atomic E-state index is 0. The van der Waals surface area contributed by atoms with Crippen LogP contribution in [0, 0.1) is 39.5 Å². The van der Waals surface area contributed by atoms with Crippen LogP contribution in [-0.4, -0.2) is 19.5 Å². The SMILES string of the molecule is [C-]#[N+]c1ccc(-n2c(-c3[c-]cc(C)c(C)c3)nc3ccccc32)c(C)c1.[Ir].[c-]1ccccc1-c1cc(-c2ccccc2)ncn1. The molecule has 7 rings (SSSR count).